The van der Waals surface area contributed by atoms with Crippen LogP contribution in [0.3, 0.4) is 0 Å². The second-order valence-electron chi connectivity index (χ2n) is 4.54. The molecule has 1 aromatic heterocycles. The van der Waals surface area contributed by atoms with Gasteiger partial charge in [0.2, 0.25) is 5.91 Å². The molecule has 0 saturated carbocycles. The van der Waals surface area contributed by atoms with Gasteiger partial charge < -0.3 is 10.4 Å². The first-order valence-corrected chi connectivity index (χ1v) is 7.21. The summed E-state index contributed by atoms with van der Waals surface area (Å²) in [4.78, 5) is 23.7. The third-order valence-electron chi connectivity index (χ3n) is 2.88. The van der Waals surface area contributed by atoms with Gasteiger partial charge >= 0.3 is 5.97 Å². The minimum atomic E-state index is -0.976. The summed E-state index contributed by atoms with van der Waals surface area (Å²) in [7, 11) is 0. The molecule has 2 aromatic rings. The third kappa shape index (κ3) is 4.68. The Morgan fingerprint density at radius 3 is 2.52 bits per heavy atom. The quantitative estimate of drug-likeness (QED) is 0.862. The Labute approximate surface area is 125 Å². The van der Waals surface area contributed by atoms with Gasteiger partial charge in [0.1, 0.15) is 5.82 Å². The Morgan fingerprint density at radius 2 is 1.95 bits per heavy atom. The van der Waals surface area contributed by atoms with Gasteiger partial charge in [-0.15, -0.1) is 11.3 Å². The summed E-state index contributed by atoms with van der Waals surface area (Å²) >= 11 is 1.40. The normalized spacial score (nSPS) is 11.9. The van der Waals surface area contributed by atoms with Crippen molar-refractivity contribution in [1.29, 1.82) is 0 Å². The molecule has 6 heteroatoms. The molecular weight excluding hydrogens is 293 g/mol. The lowest BCUT2D eigenvalue weighted by Crippen LogP contribution is -2.30. The predicted octanol–water partition coefficient (Wildman–Crippen LogP) is 2.76. The van der Waals surface area contributed by atoms with Crippen molar-refractivity contribution in [1.82, 2.24) is 5.32 Å². The van der Waals surface area contributed by atoms with Gasteiger partial charge in [0.25, 0.3) is 0 Å². The second-order valence-corrected chi connectivity index (χ2v) is 5.52. The molecule has 110 valence electrons. The fourth-order valence-corrected chi connectivity index (χ4v) is 2.70. The molecule has 0 unspecified atom stereocenters. The molecule has 0 aliphatic rings. The lowest BCUT2D eigenvalue weighted by molar-refractivity contribution is -0.137. The van der Waals surface area contributed by atoms with Crippen LogP contribution in [0.2, 0.25) is 0 Å². The predicted molar refractivity (Wildman–Crippen MR) is 77.6 cm³/mol. The van der Waals surface area contributed by atoms with Gasteiger partial charge in [-0.05, 0) is 29.1 Å². The molecule has 4 nitrogen and oxygen atoms in total. The maximum atomic E-state index is 12.8. The van der Waals surface area contributed by atoms with Crippen LogP contribution in [-0.4, -0.2) is 17.0 Å². The lowest BCUT2D eigenvalue weighted by Gasteiger charge is -2.15. The standard InChI is InChI=1S/C15H14FNO3S/c16-11-5-3-10(4-6-11)8-14(18)17-12(9-15(19)20)13-2-1-7-21-13/h1-7,12H,8-9H2,(H,17,18)(H,19,20)/t12-/m0/s1. The van der Waals surface area contributed by atoms with E-state index in [0.29, 0.717) is 5.56 Å². The van der Waals surface area contributed by atoms with E-state index in [0.717, 1.165) is 4.88 Å². The highest BCUT2D eigenvalue weighted by atomic mass is 32.1. The Kier molecular flexibility index (Phi) is 5.05. The zero-order valence-corrected chi connectivity index (χ0v) is 11.9. The number of halogens is 1. The van der Waals surface area contributed by atoms with Gasteiger partial charge in [0, 0.05) is 4.88 Å². The van der Waals surface area contributed by atoms with Gasteiger partial charge in [-0.1, -0.05) is 18.2 Å². The maximum absolute atomic E-state index is 12.8. The highest BCUT2D eigenvalue weighted by Crippen LogP contribution is 2.22. The van der Waals surface area contributed by atoms with Gasteiger partial charge in [-0.3, -0.25) is 9.59 Å². The number of carbonyl (C=O) groups is 2. The van der Waals surface area contributed by atoms with Gasteiger partial charge in [0.15, 0.2) is 0 Å². The number of hydrogen-bond donors (Lipinski definition) is 2. The molecule has 0 spiro atoms. The summed E-state index contributed by atoms with van der Waals surface area (Å²) in [5.41, 5.74) is 0.675. The Hall–Kier alpha value is -2.21. The van der Waals surface area contributed by atoms with E-state index in [1.54, 1.807) is 12.1 Å². The minimum absolute atomic E-state index is 0.0851. The Bertz CT molecular complexity index is 610. The van der Waals surface area contributed by atoms with Crippen molar-refractivity contribution in [2.75, 3.05) is 0 Å². The highest BCUT2D eigenvalue weighted by molar-refractivity contribution is 7.10. The number of hydrogen-bond acceptors (Lipinski definition) is 3. The molecule has 0 radical (unpaired) electrons. The van der Waals surface area contributed by atoms with E-state index in [1.807, 2.05) is 5.38 Å². The highest BCUT2D eigenvalue weighted by Gasteiger charge is 2.19. The summed E-state index contributed by atoms with van der Waals surface area (Å²) in [5, 5.41) is 13.5. The van der Waals surface area contributed by atoms with Crippen molar-refractivity contribution in [3.63, 3.8) is 0 Å². The molecule has 1 amide bonds. The molecule has 1 heterocycles. The van der Waals surface area contributed by atoms with Crippen LogP contribution in [0.4, 0.5) is 4.39 Å². The summed E-state index contributed by atoms with van der Waals surface area (Å²) in [5.74, 6) is -1.63. The topological polar surface area (TPSA) is 66.4 Å². The molecule has 1 aromatic carbocycles. The number of carboxylic acids is 1. The molecular formula is C15H14FNO3S. The largest absolute Gasteiger partial charge is 0.481 e. The van der Waals surface area contributed by atoms with Crippen LogP contribution in [0.5, 0.6) is 0 Å². The SMILES string of the molecule is O=C(O)C[C@H](NC(=O)Cc1ccc(F)cc1)c1cccs1. The van der Waals surface area contributed by atoms with Crippen molar-refractivity contribution < 1.29 is 19.1 Å². The number of aliphatic carboxylic acids is 1. The fourth-order valence-electron chi connectivity index (χ4n) is 1.92. The van der Waals surface area contributed by atoms with Crippen molar-refractivity contribution in [3.05, 3.63) is 58.0 Å². The van der Waals surface area contributed by atoms with Crippen molar-refractivity contribution in [2.24, 2.45) is 0 Å². The Balaban J connectivity index is 2.01. The van der Waals surface area contributed by atoms with Crippen LogP contribution in [0.15, 0.2) is 41.8 Å². The molecule has 0 aliphatic carbocycles. The number of rotatable bonds is 6. The van der Waals surface area contributed by atoms with Crippen LogP contribution < -0.4 is 5.32 Å². The van der Waals surface area contributed by atoms with E-state index in [4.69, 9.17) is 5.11 Å². The lowest BCUT2D eigenvalue weighted by atomic mass is 10.1. The van der Waals surface area contributed by atoms with E-state index in [9.17, 15) is 14.0 Å². The first kappa shape index (κ1) is 15.2. The summed E-state index contributed by atoms with van der Waals surface area (Å²) in [6, 6.07) is 8.69. The van der Waals surface area contributed by atoms with Crippen LogP contribution in [0.1, 0.15) is 22.9 Å². The average Bonchev–Trinajstić information content (AvgIpc) is 2.94. The maximum Gasteiger partial charge on any atom is 0.305 e. The molecule has 0 saturated heterocycles. The molecule has 0 fully saturated rings. The number of benzene rings is 1. The molecule has 1 atom stereocenters. The molecule has 2 rings (SSSR count). The molecule has 21 heavy (non-hydrogen) atoms. The second kappa shape index (κ2) is 6.99. The molecule has 2 N–H and O–H groups in total. The van der Waals surface area contributed by atoms with E-state index in [1.165, 1.54) is 35.6 Å². The summed E-state index contributed by atoms with van der Waals surface area (Å²) < 4.78 is 12.8. The number of thiophene rings is 1. The first-order valence-electron chi connectivity index (χ1n) is 6.33. The van der Waals surface area contributed by atoms with Crippen LogP contribution in [-0.2, 0) is 16.0 Å². The zero-order valence-electron chi connectivity index (χ0n) is 11.1. The number of nitrogens with one attached hydrogen (secondary N) is 1. The zero-order chi connectivity index (χ0) is 15.2. The number of carbonyl (C=O) groups excluding carboxylic acids is 1. The average molecular weight is 307 g/mol. The first-order chi connectivity index (χ1) is 10.0. The summed E-state index contributed by atoms with van der Waals surface area (Å²) in [6.07, 6.45) is -0.0859. The van der Waals surface area contributed by atoms with Gasteiger partial charge in [0.05, 0.1) is 18.9 Å². The fraction of sp³-hybridized carbons (Fsp3) is 0.200. The van der Waals surface area contributed by atoms with Crippen molar-refractivity contribution >= 4 is 23.2 Å². The van der Waals surface area contributed by atoms with Gasteiger partial charge in [-0.25, -0.2) is 4.39 Å². The van der Waals surface area contributed by atoms with Crippen molar-refractivity contribution in [3.8, 4) is 0 Å². The van der Waals surface area contributed by atoms with E-state index in [-0.39, 0.29) is 24.6 Å². The summed E-state index contributed by atoms with van der Waals surface area (Å²) in [6.45, 7) is 0. The number of amides is 1. The van der Waals surface area contributed by atoms with Crippen LogP contribution >= 0.6 is 11.3 Å². The number of carboxylic acid groups (broad SMARTS) is 1. The van der Waals surface area contributed by atoms with Crippen LogP contribution in [0.25, 0.3) is 0 Å². The van der Waals surface area contributed by atoms with Crippen LogP contribution in [0, 0.1) is 5.82 Å². The molecule has 0 aliphatic heterocycles. The third-order valence-corrected chi connectivity index (χ3v) is 3.86. The van der Waals surface area contributed by atoms with E-state index < -0.39 is 12.0 Å². The van der Waals surface area contributed by atoms with Gasteiger partial charge in [-0.2, -0.15) is 0 Å². The van der Waals surface area contributed by atoms with E-state index in [2.05, 4.69) is 5.32 Å². The minimum Gasteiger partial charge on any atom is -0.481 e. The monoisotopic (exact) mass is 307 g/mol. The smallest absolute Gasteiger partial charge is 0.305 e. The molecule has 0 bridgehead atoms. The Morgan fingerprint density at radius 1 is 1.24 bits per heavy atom. The van der Waals surface area contributed by atoms with Crippen molar-refractivity contribution in [2.45, 2.75) is 18.9 Å². The van der Waals surface area contributed by atoms with E-state index >= 15 is 0 Å².